The van der Waals surface area contributed by atoms with E-state index in [-0.39, 0.29) is 24.3 Å². The molecule has 0 aliphatic carbocycles. The zero-order valence-electron chi connectivity index (χ0n) is 19.3. The van der Waals surface area contributed by atoms with Crippen molar-refractivity contribution in [2.45, 2.75) is 19.3 Å². The Hall–Kier alpha value is -3.22. The van der Waals surface area contributed by atoms with Crippen molar-refractivity contribution in [3.8, 4) is 11.5 Å². The van der Waals surface area contributed by atoms with Crippen molar-refractivity contribution < 1.29 is 19.1 Å². The fourth-order valence-corrected chi connectivity index (χ4v) is 4.58. The summed E-state index contributed by atoms with van der Waals surface area (Å²) in [5, 5.41) is 0. The molecule has 0 bridgehead atoms. The van der Waals surface area contributed by atoms with Gasteiger partial charge in [0, 0.05) is 50.9 Å². The summed E-state index contributed by atoms with van der Waals surface area (Å²) in [6.07, 6.45) is 2.38. The minimum atomic E-state index is -0.0188. The lowest BCUT2D eigenvalue weighted by molar-refractivity contribution is -0.141. The lowest BCUT2D eigenvalue weighted by atomic mass is 9.95. The van der Waals surface area contributed by atoms with E-state index in [2.05, 4.69) is 17.0 Å². The molecule has 2 aromatic carbocycles. The quantitative estimate of drug-likeness (QED) is 0.676. The minimum Gasteiger partial charge on any atom is -0.497 e. The average Bonchev–Trinajstić information content (AvgIpc) is 3.14. The van der Waals surface area contributed by atoms with Crippen LogP contribution in [0.4, 0.5) is 5.69 Å². The molecule has 2 saturated heterocycles. The Morgan fingerprint density at radius 1 is 0.818 bits per heavy atom. The van der Waals surface area contributed by atoms with Crippen LogP contribution in [-0.4, -0.2) is 74.6 Å². The van der Waals surface area contributed by atoms with E-state index in [1.54, 1.807) is 7.11 Å². The standard InChI is InChI=1S/C26H33N3O4/c1-32-23-10-8-22(9-11-23)27-14-5-15-29(19-18-27)26(31)21-12-16-28(17-13-21)25(30)20-33-24-6-3-2-4-7-24/h2-4,6-11,21H,5,12-20H2,1H3. The third-order valence-corrected chi connectivity index (χ3v) is 6.55. The average molecular weight is 452 g/mol. The van der Waals surface area contributed by atoms with Gasteiger partial charge >= 0.3 is 0 Å². The van der Waals surface area contributed by atoms with Crippen molar-refractivity contribution in [2.75, 3.05) is 57.9 Å². The number of likely N-dealkylation sites (tertiary alicyclic amines) is 1. The number of nitrogens with zero attached hydrogens (tertiary/aromatic N) is 3. The zero-order valence-corrected chi connectivity index (χ0v) is 19.3. The Kier molecular flexibility index (Phi) is 7.70. The van der Waals surface area contributed by atoms with Gasteiger partial charge in [0.05, 0.1) is 7.11 Å². The van der Waals surface area contributed by atoms with Crippen LogP contribution >= 0.6 is 0 Å². The first-order valence-electron chi connectivity index (χ1n) is 11.8. The summed E-state index contributed by atoms with van der Waals surface area (Å²) in [6.45, 7) is 4.54. The second kappa shape index (κ2) is 11.1. The second-order valence-electron chi connectivity index (χ2n) is 8.62. The van der Waals surface area contributed by atoms with Crippen LogP contribution in [0.3, 0.4) is 0 Å². The van der Waals surface area contributed by atoms with Crippen molar-refractivity contribution in [1.82, 2.24) is 9.80 Å². The van der Waals surface area contributed by atoms with Crippen molar-refractivity contribution >= 4 is 17.5 Å². The molecule has 2 aliphatic heterocycles. The number of ether oxygens (including phenoxy) is 2. The summed E-state index contributed by atoms with van der Waals surface area (Å²) < 4.78 is 10.8. The van der Waals surface area contributed by atoms with E-state index >= 15 is 0 Å². The molecule has 0 atom stereocenters. The molecule has 0 N–H and O–H groups in total. The van der Waals surface area contributed by atoms with Gasteiger partial charge in [-0.1, -0.05) is 18.2 Å². The van der Waals surface area contributed by atoms with Crippen LogP contribution in [0.5, 0.6) is 11.5 Å². The first-order valence-corrected chi connectivity index (χ1v) is 11.8. The van der Waals surface area contributed by atoms with E-state index in [0.717, 1.165) is 44.0 Å². The highest BCUT2D eigenvalue weighted by molar-refractivity contribution is 5.81. The molecule has 2 aliphatic rings. The van der Waals surface area contributed by atoms with Crippen molar-refractivity contribution in [2.24, 2.45) is 5.92 Å². The van der Waals surface area contributed by atoms with Crippen LogP contribution in [0.1, 0.15) is 19.3 Å². The van der Waals surface area contributed by atoms with E-state index in [9.17, 15) is 9.59 Å². The number of hydrogen-bond acceptors (Lipinski definition) is 5. The molecule has 7 nitrogen and oxygen atoms in total. The predicted octanol–water partition coefficient (Wildman–Crippen LogP) is 3.05. The topological polar surface area (TPSA) is 62.3 Å². The van der Waals surface area contributed by atoms with Crippen LogP contribution in [-0.2, 0) is 9.59 Å². The van der Waals surface area contributed by atoms with Crippen LogP contribution < -0.4 is 14.4 Å². The molecular formula is C26H33N3O4. The first-order chi connectivity index (χ1) is 16.1. The molecule has 4 rings (SSSR count). The number of amides is 2. The SMILES string of the molecule is COc1ccc(N2CCCN(C(=O)C3CCN(C(=O)COc4ccccc4)CC3)CC2)cc1. The van der Waals surface area contributed by atoms with Gasteiger partial charge in [-0.15, -0.1) is 0 Å². The summed E-state index contributed by atoms with van der Waals surface area (Å²) in [5.74, 6) is 1.76. The second-order valence-corrected chi connectivity index (χ2v) is 8.62. The highest BCUT2D eigenvalue weighted by atomic mass is 16.5. The number of hydrogen-bond donors (Lipinski definition) is 0. The van der Waals surface area contributed by atoms with Gasteiger partial charge in [0.1, 0.15) is 11.5 Å². The predicted molar refractivity (Wildman–Crippen MR) is 128 cm³/mol. The molecule has 0 unspecified atom stereocenters. The van der Waals surface area contributed by atoms with Gasteiger partial charge in [-0.25, -0.2) is 0 Å². The van der Waals surface area contributed by atoms with Crippen molar-refractivity contribution in [3.63, 3.8) is 0 Å². The Morgan fingerprint density at radius 2 is 1.55 bits per heavy atom. The van der Waals surface area contributed by atoms with Gasteiger partial charge in [0.15, 0.2) is 6.61 Å². The highest BCUT2D eigenvalue weighted by Crippen LogP contribution is 2.23. The van der Waals surface area contributed by atoms with Crippen LogP contribution in [0.15, 0.2) is 54.6 Å². The molecule has 33 heavy (non-hydrogen) atoms. The minimum absolute atomic E-state index is 0.00312. The number of carbonyl (C=O) groups is 2. The van der Waals surface area contributed by atoms with Gasteiger partial charge in [0.2, 0.25) is 5.91 Å². The molecular weight excluding hydrogens is 418 g/mol. The molecule has 0 radical (unpaired) electrons. The third-order valence-electron chi connectivity index (χ3n) is 6.55. The van der Waals surface area contributed by atoms with Crippen molar-refractivity contribution in [1.29, 1.82) is 0 Å². The Morgan fingerprint density at radius 3 is 2.24 bits per heavy atom. The third kappa shape index (κ3) is 5.97. The van der Waals surface area contributed by atoms with E-state index in [4.69, 9.17) is 9.47 Å². The Labute approximate surface area is 195 Å². The summed E-state index contributed by atoms with van der Waals surface area (Å²) in [5.41, 5.74) is 1.16. The normalized spacial score (nSPS) is 17.4. The number of rotatable bonds is 6. The molecule has 0 saturated carbocycles. The largest absolute Gasteiger partial charge is 0.497 e. The fraction of sp³-hybridized carbons (Fsp3) is 0.462. The summed E-state index contributed by atoms with van der Waals surface area (Å²) in [4.78, 5) is 31.9. The maximum atomic E-state index is 13.2. The maximum Gasteiger partial charge on any atom is 0.260 e. The van der Waals surface area contributed by atoms with Crippen LogP contribution in [0.25, 0.3) is 0 Å². The molecule has 2 amide bonds. The molecule has 7 heteroatoms. The van der Waals surface area contributed by atoms with Gasteiger partial charge in [-0.05, 0) is 55.7 Å². The molecule has 0 spiro atoms. The number of piperidine rings is 1. The number of para-hydroxylation sites is 1. The monoisotopic (exact) mass is 451 g/mol. The van der Waals surface area contributed by atoms with E-state index in [1.165, 1.54) is 0 Å². The van der Waals surface area contributed by atoms with Crippen LogP contribution in [0.2, 0.25) is 0 Å². The van der Waals surface area contributed by atoms with Gasteiger partial charge in [0.25, 0.3) is 5.91 Å². The van der Waals surface area contributed by atoms with Crippen molar-refractivity contribution in [3.05, 3.63) is 54.6 Å². The summed E-state index contributed by atoms with van der Waals surface area (Å²) in [7, 11) is 1.67. The van der Waals surface area contributed by atoms with Gasteiger partial charge in [-0.2, -0.15) is 0 Å². The maximum absolute atomic E-state index is 13.2. The fourth-order valence-electron chi connectivity index (χ4n) is 4.58. The summed E-state index contributed by atoms with van der Waals surface area (Å²) in [6, 6.07) is 17.5. The van der Waals surface area contributed by atoms with E-state index < -0.39 is 0 Å². The molecule has 2 aromatic rings. The molecule has 0 aromatic heterocycles. The highest BCUT2D eigenvalue weighted by Gasteiger charge is 2.31. The number of anilines is 1. The number of methoxy groups -OCH3 is 1. The van der Waals surface area contributed by atoms with E-state index in [1.807, 2.05) is 52.3 Å². The van der Waals surface area contributed by atoms with Crippen LogP contribution in [0, 0.1) is 5.92 Å². The molecule has 2 heterocycles. The Bertz CT molecular complexity index is 911. The number of benzene rings is 2. The van der Waals surface area contributed by atoms with Gasteiger partial charge < -0.3 is 24.2 Å². The molecule has 176 valence electrons. The van der Waals surface area contributed by atoms with E-state index in [0.29, 0.717) is 31.7 Å². The smallest absolute Gasteiger partial charge is 0.260 e. The number of carbonyl (C=O) groups excluding carboxylic acids is 2. The summed E-state index contributed by atoms with van der Waals surface area (Å²) >= 11 is 0. The van der Waals surface area contributed by atoms with Gasteiger partial charge in [-0.3, -0.25) is 9.59 Å². The Balaban J connectivity index is 1.23. The lowest BCUT2D eigenvalue weighted by Crippen LogP contribution is -2.46. The zero-order chi connectivity index (χ0) is 23.0. The molecule has 2 fully saturated rings. The first kappa shape index (κ1) is 23.0. The lowest BCUT2D eigenvalue weighted by Gasteiger charge is -2.34.